The van der Waals surface area contributed by atoms with Crippen LogP contribution in [0.1, 0.15) is 16.8 Å². The summed E-state index contributed by atoms with van der Waals surface area (Å²) in [4.78, 5) is 10.6. The highest BCUT2D eigenvalue weighted by Crippen LogP contribution is 2.07. The Morgan fingerprint density at radius 1 is 1.37 bits per heavy atom. The number of hydrazine groups is 1. The van der Waals surface area contributed by atoms with E-state index in [0.29, 0.717) is 24.0 Å². The molecule has 0 unspecified atom stereocenters. The molecule has 0 atom stereocenters. The zero-order valence-corrected chi connectivity index (χ0v) is 11.4. The van der Waals surface area contributed by atoms with Crippen LogP contribution in [0.4, 0.5) is 5.69 Å². The number of carbonyl (C=O) groups is 1. The van der Waals surface area contributed by atoms with Gasteiger partial charge in [0.05, 0.1) is 11.7 Å². The number of thiocarbonyl (C=S) groups is 1. The first kappa shape index (κ1) is 15.2. The third-order valence-corrected chi connectivity index (χ3v) is 2.50. The molecule has 19 heavy (non-hydrogen) atoms. The molecule has 6 nitrogen and oxygen atoms in total. The maximum atomic E-state index is 10.6. The van der Waals surface area contributed by atoms with Gasteiger partial charge >= 0.3 is 0 Å². The van der Waals surface area contributed by atoms with Gasteiger partial charge in [0.2, 0.25) is 0 Å². The van der Waals surface area contributed by atoms with E-state index in [2.05, 4.69) is 16.2 Å². The molecule has 0 aliphatic heterocycles. The van der Waals surface area contributed by atoms with Crippen LogP contribution in [-0.2, 0) is 4.74 Å². The van der Waals surface area contributed by atoms with Crippen LogP contribution in [0, 0.1) is 0 Å². The highest BCUT2D eigenvalue weighted by Gasteiger charge is 1.96. The first-order valence-corrected chi connectivity index (χ1v) is 6.14. The van der Waals surface area contributed by atoms with Gasteiger partial charge in [-0.2, -0.15) is 0 Å². The molecule has 0 saturated carbocycles. The largest absolute Gasteiger partial charge is 0.545 e. The summed E-state index contributed by atoms with van der Waals surface area (Å²) in [5.41, 5.74) is 6.47. The number of hydrogen-bond acceptors (Lipinski definition) is 5. The number of anilines is 1. The van der Waals surface area contributed by atoms with Crippen molar-refractivity contribution in [2.75, 3.05) is 25.7 Å². The van der Waals surface area contributed by atoms with Crippen LogP contribution in [0.25, 0.3) is 0 Å². The molecular weight excluding hydrogens is 266 g/mol. The van der Waals surface area contributed by atoms with Crippen molar-refractivity contribution in [2.24, 2.45) is 0 Å². The predicted molar refractivity (Wildman–Crippen MR) is 74.6 cm³/mol. The average Bonchev–Trinajstić information content (AvgIpc) is 2.42. The van der Waals surface area contributed by atoms with Gasteiger partial charge in [-0.1, -0.05) is 12.1 Å². The molecule has 3 N–H and O–H groups in total. The Kier molecular flexibility index (Phi) is 6.62. The summed E-state index contributed by atoms with van der Waals surface area (Å²) in [5, 5.41) is 14.0. The van der Waals surface area contributed by atoms with Crippen molar-refractivity contribution in [3.05, 3.63) is 29.8 Å². The highest BCUT2D eigenvalue weighted by molar-refractivity contribution is 7.80. The van der Waals surface area contributed by atoms with Gasteiger partial charge in [-0.25, -0.2) is 0 Å². The van der Waals surface area contributed by atoms with Gasteiger partial charge in [-0.3, -0.25) is 10.9 Å². The quantitative estimate of drug-likeness (QED) is 0.365. The van der Waals surface area contributed by atoms with E-state index in [1.165, 1.54) is 12.1 Å². The van der Waals surface area contributed by atoms with E-state index < -0.39 is 5.97 Å². The fourth-order valence-electron chi connectivity index (χ4n) is 1.28. The second kappa shape index (κ2) is 8.28. The normalized spacial score (nSPS) is 9.74. The summed E-state index contributed by atoms with van der Waals surface area (Å²) in [6.45, 7) is 1.39. The van der Waals surface area contributed by atoms with Crippen molar-refractivity contribution >= 4 is 29.0 Å². The van der Waals surface area contributed by atoms with Gasteiger partial charge in [-0.05, 0) is 36.3 Å². The number of carbonyl (C=O) groups excluding carboxylic acids is 1. The Labute approximate surface area is 117 Å². The smallest absolute Gasteiger partial charge is 0.185 e. The van der Waals surface area contributed by atoms with Crippen molar-refractivity contribution in [3.63, 3.8) is 0 Å². The van der Waals surface area contributed by atoms with Crippen molar-refractivity contribution in [1.82, 2.24) is 10.7 Å². The summed E-state index contributed by atoms with van der Waals surface area (Å²) in [6, 6.07) is 6.14. The van der Waals surface area contributed by atoms with Gasteiger partial charge in [0, 0.05) is 20.3 Å². The topological polar surface area (TPSA) is 85.5 Å². The minimum Gasteiger partial charge on any atom is -0.545 e. The third-order valence-electron chi connectivity index (χ3n) is 2.25. The molecule has 7 heteroatoms. The zero-order valence-electron chi connectivity index (χ0n) is 10.6. The van der Waals surface area contributed by atoms with E-state index in [4.69, 9.17) is 17.0 Å². The zero-order chi connectivity index (χ0) is 14.1. The number of aromatic carboxylic acids is 1. The maximum Gasteiger partial charge on any atom is 0.185 e. The summed E-state index contributed by atoms with van der Waals surface area (Å²) < 4.78 is 4.91. The highest BCUT2D eigenvalue weighted by atomic mass is 32.1. The van der Waals surface area contributed by atoms with Crippen LogP contribution >= 0.6 is 12.2 Å². The Morgan fingerprint density at radius 2 is 2.05 bits per heavy atom. The number of hydrogen-bond donors (Lipinski definition) is 3. The maximum absolute atomic E-state index is 10.6. The second-order valence-electron chi connectivity index (χ2n) is 3.72. The number of rotatable bonds is 7. The van der Waals surface area contributed by atoms with Crippen molar-refractivity contribution in [1.29, 1.82) is 0 Å². The standard InChI is InChI=1S/C12H17N3O3S/c1-18-8-2-7-13-12(19)15-14-10-5-3-9(4-6-10)11(16)17/h3-6,14H,2,7-8H2,1H3,(H,16,17)(H2,13,15,19)/p-1. The Bertz CT molecular complexity index is 423. The van der Waals surface area contributed by atoms with Crippen molar-refractivity contribution in [3.8, 4) is 0 Å². The molecule has 0 radical (unpaired) electrons. The molecule has 0 heterocycles. The molecule has 1 rings (SSSR count). The number of carboxylic acids is 1. The molecule has 0 amide bonds. The molecule has 0 aromatic heterocycles. The lowest BCUT2D eigenvalue weighted by Gasteiger charge is -2.12. The minimum atomic E-state index is -1.20. The average molecular weight is 282 g/mol. The molecule has 0 bridgehead atoms. The van der Waals surface area contributed by atoms with Gasteiger partial charge in [0.1, 0.15) is 0 Å². The van der Waals surface area contributed by atoms with Crippen LogP contribution in [-0.4, -0.2) is 31.3 Å². The van der Waals surface area contributed by atoms with Gasteiger partial charge < -0.3 is 20.0 Å². The fraction of sp³-hybridized carbons (Fsp3) is 0.333. The third kappa shape index (κ3) is 6.03. The second-order valence-corrected chi connectivity index (χ2v) is 4.13. The van der Waals surface area contributed by atoms with E-state index >= 15 is 0 Å². The van der Waals surface area contributed by atoms with Gasteiger partial charge in [0.25, 0.3) is 0 Å². The number of methoxy groups -OCH3 is 1. The van der Waals surface area contributed by atoms with Gasteiger partial charge in [-0.15, -0.1) is 0 Å². The lowest BCUT2D eigenvalue weighted by atomic mass is 10.2. The molecule has 0 fully saturated rings. The Morgan fingerprint density at radius 3 is 2.63 bits per heavy atom. The summed E-state index contributed by atoms with van der Waals surface area (Å²) >= 11 is 5.04. The molecule has 0 spiro atoms. The van der Waals surface area contributed by atoms with Crippen molar-refractivity contribution < 1.29 is 14.6 Å². The fourth-order valence-corrected chi connectivity index (χ4v) is 1.43. The van der Waals surface area contributed by atoms with Crippen LogP contribution in [0.3, 0.4) is 0 Å². The molecule has 0 aliphatic rings. The van der Waals surface area contributed by atoms with E-state index in [0.717, 1.165) is 6.42 Å². The van der Waals surface area contributed by atoms with Crippen LogP contribution in [0.5, 0.6) is 0 Å². The van der Waals surface area contributed by atoms with E-state index in [-0.39, 0.29) is 5.56 Å². The molecule has 1 aromatic rings. The SMILES string of the molecule is COCCCNC(=S)NNc1ccc(C(=O)[O-])cc1. The summed E-state index contributed by atoms with van der Waals surface area (Å²) in [5.74, 6) is -1.20. The van der Waals surface area contributed by atoms with Crippen LogP contribution in [0.15, 0.2) is 24.3 Å². The van der Waals surface area contributed by atoms with E-state index in [9.17, 15) is 9.90 Å². The molecule has 104 valence electrons. The molecular formula is C12H16N3O3S-. The number of nitrogens with one attached hydrogen (secondary N) is 3. The van der Waals surface area contributed by atoms with Crippen LogP contribution < -0.4 is 21.3 Å². The van der Waals surface area contributed by atoms with Gasteiger partial charge in [0.15, 0.2) is 5.11 Å². The number of benzene rings is 1. The molecule has 1 aromatic carbocycles. The summed E-state index contributed by atoms with van der Waals surface area (Å²) in [7, 11) is 1.65. The predicted octanol–water partition coefficient (Wildman–Crippen LogP) is -0.122. The molecule has 0 saturated heterocycles. The Hall–Kier alpha value is -1.86. The van der Waals surface area contributed by atoms with Crippen molar-refractivity contribution in [2.45, 2.75) is 6.42 Å². The summed E-state index contributed by atoms with van der Waals surface area (Å²) in [6.07, 6.45) is 0.860. The van der Waals surface area contributed by atoms with Crippen LogP contribution in [0.2, 0.25) is 0 Å². The van der Waals surface area contributed by atoms with E-state index in [1.807, 2.05) is 0 Å². The lowest BCUT2D eigenvalue weighted by Crippen LogP contribution is -2.39. The molecule has 0 aliphatic carbocycles. The first-order valence-electron chi connectivity index (χ1n) is 5.73. The lowest BCUT2D eigenvalue weighted by molar-refractivity contribution is -0.255. The number of carboxylic acid groups (broad SMARTS) is 1. The monoisotopic (exact) mass is 282 g/mol. The minimum absolute atomic E-state index is 0.130. The van der Waals surface area contributed by atoms with E-state index in [1.54, 1.807) is 19.2 Å². The number of ether oxygens (including phenoxy) is 1. The Balaban J connectivity index is 2.28. The first-order chi connectivity index (χ1) is 9.13.